The van der Waals surface area contributed by atoms with Crippen molar-refractivity contribution >= 4 is 7.35 Å². The monoisotopic (exact) mass is 100 g/mol. The molecule has 0 aromatic heterocycles. The van der Waals surface area contributed by atoms with Gasteiger partial charge in [0.1, 0.15) is 0 Å². The second kappa shape index (κ2) is 2.10. The van der Waals surface area contributed by atoms with E-state index in [1.165, 1.54) is 0 Å². The third-order valence-corrected chi connectivity index (χ3v) is 0.402. The Hall–Kier alpha value is -0.335. The van der Waals surface area contributed by atoms with Crippen LogP contribution < -0.4 is 0 Å². The Kier molecular flexibility index (Phi) is 2.00. The van der Waals surface area contributed by atoms with Crippen LogP contribution >= 0.6 is 0 Å². The predicted octanol–water partition coefficient (Wildman–Crippen LogP) is 0.766. The molecule has 0 amide bonds. The summed E-state index contributed by atoms with van der Waals surface area (Å²) in [5.41, 5.74) is -0.318. The average Bonchev–Trinajstić information content (AvgIpc) is 1.30. The quantitative estimate of drug-likeness (QED) is 0.454. The van der Waals surface area contributed by atoms with Gasteiger partial charge in [0, 0.05) is 0 Å². The van der Waals surface area contributed by atoms with Gasteiger partial charge in [0.25, 0.3) is 0 Å². The fourth-order valence-electron chi connectivity index (χ4n) is 0.144. The van der Waals surface area contributed by atoms with E-state index in [1.54, 1.807) is 0 Å². The van der Waals surface area contributed by atoms with E-state index in [9.17, 15) is 4.70 Å². The first kappa shape index (κ1) is 6.66. The van der Waals surface area contributed by atoms with E-state index in [1.807, 2.05) is 20.8 Å². The van der Waals surface area contributed by atoms with Crippen LogP contribution in [0.25, 0.3) is 0 Å². The van der Waals surface area contributed by atoms with E-state index in [2.05, 4.69) is 4.65 Å². The molecule has 2 nitrogen and oxygen atoms in total. The van der Waals surface area contributed by atoms with Gasteiger partial charge in [-0.2, -0.15) is 0 Å². The van der Waals surface area contributed by atoms with Crippen LogP contribution in [0.2, 0.25) is 0 Å². The van der Waals surface area contributed by atoms with Crippen molar-refractivity contribution in [3.05, 3.63) is 0 Å². The molecule has 0 bridgehead atoms. The van der Waals surface area contributed by atoms with Crippen molar-refractivity contribution in [2.24, 2.45) is 0 Å². The normalized spacial score (nSPS) is 10.1. The summed E-state index contributed by atoms with van der Waals surface area (Å²) in [5.74, 6) is 0. The molecule has 0 aliphatic carbocycles. The summed E-state index contributed by atoms with van der Waals surface area (Å²) in [4.78, 5) is 0. The Balaban J connectivity index is 3.34. The van der Waals surface area contributed by atoms with Crippen molar-refractivity contribution < 1.29 is 9.36 Å². The van der Waals surface area contributed by atoms with Gasteiger partial charge in [0.15, 0.2) is 0 Å². The molecular formula is C4H9BO2. The molecular weight excluding hydrogens is 90.9 g/mol. The molecule has 3 heteroatoms. The molecule has 0 heterocycles. The molecule has 0 saturated carbocycles. The minimum atomic E-state index is -0.318. The summed E-state index contributed by atoms with van der Waals surface area (Å²) >= 11 is 0. The molecule has 0 spiro atoms. The molecule has 0 aliphatic rings. The van der Waals surface area contributed by atoms with Crippen molar-refractivity contribution in [1.29, 1.82) is 0 Å². The van der Waals surface area contributed by atoms with Gasteiger partial charge in [-0.05, 0) is 0 Å². The van der Waals surface area contributed by atoms with Crippen molar-refractivity contribution in [2.45, 2.75) is 26.4 Å². The van der Waals surface area contributed by atoms with Crippen molar-refractivity contribution in [1.82, 2.24) is 0 Å². The van der Waals surface area contributed by atoms with Crippen LogP contribution in [0.15, 0.2) is 0 Å². The molecule has 0 N–H and O–H groups in total. The zero-order chi connectivity index (χ0) is 5.91. The molecule has 0 fully saturated rings. The fourth-order valence-corrected chi connectivity index (χ4v) is 0.144. The standard InChI is InChI=1S/C4H9BO2/c1-4(2,3)7-5-6/h1-3H3. The zero-order valence-electron chi connectivity index (χ0n) is 4.89. The SMILES string of the molecule is CC(C)(C)OB=O. The van der Waals surface area contributed by atoms with Crippen LogP contribution in [0.4, 0.5) is 0 Å². The van der Waals surface area contributed by atoms with E-state index in [0.29, 0.717) is 7.35 Å². The van der Waals surface area contributed by atoms with Crippen LogP contribution in [-0.2, 0) is 9.36 Å². The topological polar surface area (TPSA) is 26.3 Å². The number of rotatable bonds is 1. The molecule has 7 heavy (non-hydrogen) atoms. The first-order valence-corrected chi connectivity index (χ1v) is 2.18. The third kappa shape index (κ3) is 5.66. The van der Waals surface area contributed by atoms with Gasteiger partial charge in [-0.3, -0.25) is 0 Å². The maximum absolute atomic E-state index is 9.60. The molecule has 0 rings (SSSR count). The molecule has 0 aromatic carbocycles. The number of hydrogen-bond donors (Lipinski definition) is 0. The summed E-state index contributed by atoms with van der Waals surface area (Å²) in [6.07, 6.45) is 0. The van der Waals surface area contributed by atoms with E-state index in [-0.39, 0.29) is 5.60 Å². The van der Waals surface area contributed by atoms with Gasteiger partial charge >= 0.3 is 43.1 Å². The number of hydrogen-bond acceptors (Lipinski definition) is 2. The average molecular weight is 99.9 g/mol. The summed E-state index contributed by atoms with van der Waals surface area (Å²) in [6, 6.07) is 0. The van der Waals surface area contributed by atoms with Crippen molar-refractivity contribution in [3.63, 3.8) is 0 Å². The molecule has 0 saturated heterocycles. The van der Waals surface area contributed by atoms with Gasteiger partial charge in [-0.15, -0.1) is 0 Å². The molecule has 0 radical (unpaired) electrons. The fraction of sp³-hybridized carbons (Fsp3) is 1.00. The zero-order valence-corrected chi connectivity index (χ0v) is 4.89. The van der Waals surface area contributed by atoms with E-state index in [0.717, 1.165) is 0 Å². The second-order valence-electron chi connectivity index (χ2n) is 2.33. The van der Waals surface area contributed by atoms with Crippen LogP contribution in [0.5, 0.6) is 0 Å². The summed E-state index contributed by atoms with van der Waals surface area (Å²) in [5, 5.41) is 0. The minimum absolute atomic E-state index is 0.318. The van der Waals surface area contributed by atoms with Crippen LogP contribution in [-0.4, -0.2) is 13.0 Å². The summed E-state index contributed by atoms with van der Waals surface area (Å²) in [7, 11) is 0.458. The Bertz CT molecular complexity index is 64.6. The Labute approximate surface area is 44.1 Å². The Morgan fingerprint density at radius 3 is 1.86 bits per heavy atom. The summed E-state index contributed by atoms with van der Waals surface area (Å²) < 4.78 is 14.1. The Morgan fingerprint density at radius 1 is 1.43 bits per heavy atom. The maximum atomic E-state index is 9.60. The van der Waals surface area contributed by atoms with Crippen LogP contribution in [0.1, 0.15) is 20.8 Å². The first-order chi connectivity index (χ1) is 3.06. The summed E-state index contributed by atoms with van der Waals surface area (Å²) in [6.45, 7) is 5.46. The van der Waals surface area contributed by atoms with Gasteiger partial charge in [0.05, 0.1) is 0 Å². The molecule has 0 unspecified atom stereocenters. The van der Waals surface area contributed by atoms with E-state index >= 15 is 0 Å². The van der Waals surface area contributed by atoms with Crippen molar-refractivity contribution in [3.8, 4) is 0 Å². The van der Waals surface area contributed by atoms with E-state index < -0.39 is 0 Å². The van der Waals surface area contributed by atoms with Gasteiger partial charge < -0.3 is 0 Å². The van der Waals surface area contributed by atoms with E-state index in [4.69, 9.17) is 0 Å². The van der Waals surface area contributed by atoms with Gasteiger partial charge in [-0.1, -0.05) is 0 Å². The molecule has 40 valence electrons. The predicted molar refractivity (Wildman–Crippen MR) is 27.3 cm³/mol. The van der Waals surface area contributed by atoms with Gasteiger partial charge in [-0.25, -0.2) is 0 Å². The second-order valence-corrected chi connectivity index (χ2v) is 2.33. The molecule has 0 atom stereocenters. The molecule has 0 aromatic rings. The molecule has 0 aliphatic heterocycles. The third-order valence-electron chi connectivity index (χ3n) is 0.402. The Morgan fingerprint density at radius 2 is 1.86 bits per heavy atom. The van der Waals surface area contributed by atoms with Gasteiger partial charge in [0.2, 0.25) is 0 Å². The van der Waals surface area contributed by atoms with Crippen LogP contribution in [0, 0.1) is 0 Å². The van der Waals surface area contributed by atoms with Crippen molar-refractivity contribution in [2.75, 3.05) is 0 Å². The first-order valence-electron chi connectivity index (χ1n) is 2.18. The van der Waals surface area contributed by atoms with Crippen LogP contribution in [0.3, 0.4) is 0 Å².